The summed E-state index contributed by atoms with van der Waals surface area (Å²) < 4.78 is 4.55. The van der Waals surface area contributed by atoms with Gasteiger partial charge in [0, 0.05) is 11.3 Å². The normalized spacial score (nSPS) is 9.94. The number of nitrogen functional groups attached to an aromatic ring is 1. The van der Waals surface area contributed by atoms with Gasteiger partial charge in [-0.2, -0.15) is 0 Å². The number of carbonyl (C=O) groups is 1. The van der Waals surface area contributed by atoms with Gasteiger partial charge in [0.05, 0.1) is 13.5 Å². The Kier molecular flexibility index (Phi) is 5.00. The minimum atomic E-state index is -0.226. The van der Waals surface area contributed by atoms with Crippen LogP contribution in [0.25, 0.3) is 0 Å². The van der Waals surface area contributed by atoms with Crippen LogP contribution in [-0.2, 0) is 9.53 Å². The SMILES string of the molecule is COC(=O)CCSc1ncnc(NN)c1C. The minimum absolute atomic E-state index is 0.226. The summed E-state index contributed by atoms with van der Waals surface area (Å²) in [7, 11) is 1.37. The number of hydrogen-bond acceptors (Lipinski definition) is 7. The van der Waals surface area contributed by atoms with Crippen LogP contribution in [-0.4, -0.2) is 28.8 Å². The van der Waals surface area contributed by atoms with E-state index in [1.54, 1.807) is 0 Å². The lowest BCUT2D eigenvalue weighted by molar-refractivity contribution is -0.140. The molecule has 3 N–H and O–H groups in total. The van der Waals surface area contributed by atoms with Gasteiger partial charge < -0.3 is 10.2 Å². The lowest BCUT2D eigenvalue weighted by Gasteiger charge is -2.07. The number of rotatable bonds is 5. The van der Waals surface area contributed by atoms with Crippen LogP contribution in [0.1, 0.15) is 12.0 Å². The Bertz CT molecular complexity index is 373. The topological polar surface area (TPSA) is 90.1 Å². The number of nitrogens with one attached hydrogen (secondary N) is 1. The largest absolute Gasteiger partial charge is 0.469 e. The van der Waals surface area contributed by atoms with Gasteiger partial charge in [0.15, 0.2) is 0 Å². The molecule has 0 fully saturated rings. The van der Waals surface area contributed by atoms with Crippen LogP contribution < -0.4 is 11.3 Å². The fraction of sp³-hybridized carbons (Fsp3) is 0.444. The van der Waals surface area contributed by atoms with Gasteiger partial charge in [0.25, 0.3) is 0 Å². The summed E-state index contributed by atoms with van der Waals surface area (Å²) in [6.07, 6.45) is 1.79. The van der Waals surface area contributed by atoms with Crippen molar-refractivity contribution in [3.63, 3.8) is 0 Å². The van der Waals surface area contributed by atoms with Gasteiger partial charge in [-0.15, -0.1) is 11.8 Å². The second-order valence-electron chi connectivity index (χ2n) is 2.97. The van der Waals surface area contributed by atoms with Gasteiger partial charge in [-0.1, -0.05) is 0 Å². The number of carbonyl (C=O) groups excluding carboxylic acids is 1. The number of ether oxygens (including phenoxy) is 1. The fourth-order valence-electron chi connectivity index (χ4n) is 1.06. The quantitative estimate of drug-likeness (QED) is 0.258. The van der Waals surface area contributed by atoms with Crippen molar-refractivity contribution in [3.8, 4) is 0 Å². The molecule has 0 spiro atoms. The second-order valence-corrected chi connectivity index (χ2v) is 4.05. The summed E-state index contributed by atoms with van der Waals surface area (Å²) in [5.74, 6) is 6.28. The van der Waals surface area contributed by atoms with E-state index in [2.05, 4.69) is 20.1 Å². The first kappa shape index (κ1) is 12.7. The zero-order valence-electron chi connectivity index (χ0n) is 9.19. The number of methoxy groups -OCH3 is 1. The van der Waals surface area contributed by atoms with Crippen molar-refractivity contribution in [2.75, 3.05) is 18.3 Å². The molecule has 0 atom stereocenters. The maximum absolute atomic E-state index is 10.9. The van der Waals surface area contributed by atoms with Gasteiger partial charge in [0.1, 0.15) is 17.2 Å². The number of aromatic nitrogens is 2. The molecule has 0 aliphatic rings. The molecule has 0 aromatic carbocycles. The molecule has 0 saturated carbocycles. The van der Waals surface area contributed by atoms with Crippen molar-refractivity contribution < 1.29 is 9.53 Å². The number of nitrogens with zero attached hydrogens (tertiary/aromatic N) is 2. The van der Waals surface area contributed by atoms with Crippen LogP contribution in [0.3, 0.4) is 0 Å². The summed E-state index contributed by atoms with van der Waals surface area (Å²) in [5, 5.41) is 0.812. The van der Waals surface area contributed by atoms with Crippen molar-refractivity contribution in [1.29, 1.82) is 0 Å². The molecule has 7 heteroatoms. The molecule has 1 aromatic rings. The molecule has 16 heavy (non-hydrogen) atoms. The predicted octanol–water partition coefficient (Wildman–Crippen LogP) is 0.726. The highest BCUT2D eigenvalue weighted by atomic mass is 32.2. The molecule has 0 bridgehead atoms. The van der Waals surface area contributed by atoms with Gasteiger partial charge in [-0.3, -0.25) is 4.79 Å². The molecular formula is C9H14N4O2S. The first-order valence-electron chi connectivity index (χ1n) is 4.67. The number of nitrogens with two attached hydrogens (primary N) is 1. The fourth-order valence-corrected chi connectivity index (χ4v) is 1.96. The van der Waals surface area contributed by atoms with Crippen LogP contribution >= 0.6 is 11.8 Å². The standard InChI is InChI=1S/C9H14N4O2S/c1-6-8(13-10)11-5-12-9(6)16-4-3-7(14)15-2/h5H,3-4,10H2,1-2H3,(H,11,12,13). The van der Waals surface area contributed by atoms with E-state index in [1.165, 1.54) is 25.2 Å². The van der Waals surface area contributed by atoms with E-state index in [1.807, 2.05) is 6.92 Å². The van der Waals surface area contributed by atoms with Crippen LogP contribution in [0.15, 0.2) is 11.4 Å². The molecular weight excluding hydrogens is 228 g/mol. The molecule has 0 radical (unpaired) electrons. The number of esters is 1. The second kappa shape index (κ2) is 6.29. The summed E-state index contributed by atoms with van der Waals surface area (Å²) in [6.45, 7) is 1.87. The summed E-state index contributed by atoms with van der Waals surface area (Å²) >= 11 is 1.47. The number of hydrazine groups is 1. The van der Waals surface area contributed by atoms with E-state index in [0.717, 1.165) is 10.6 Å². The highest BCUT2D eigenvalue weighted by molar-refractivity contribution is 7.99. The lowest BCUT2D eigenvalue weighted by atomic mass is 10.3. The maximum atomic E-state index is 10.9. The lowest BCUT2D eigenvalue weighted by Crippen LogP contribution is -2.11. The summed E-state index contributed by atoms with van der Waals surface area (Å²) in [4.78, 5) is 19.0. The first-order valence-corrected chi connectivity index (χ1v) is 5.65. The van der Waals surface area contributed by atoms with Crippen LogP contribution in [0.4, 0.5) is 5.82 Å². The Morgan fingerprint density at radius 1 is 1.62 bits per heavy atom. The van der Waals surface area contributed by atoms with Gasteiger partial charge in [-0.05, 0) is 6.92 Å². The molecule has 0 saturated heterocycles. The van der Waals surface area contributed by atoms with Gasteiger partial charge in [-0.25, -0.2) is 15.8 Å². The molecule has 0 amide bonds. The molecule has 1 rings (SSSR count). The van der Waals surface area contributed by atoms with E-state index in [4.69, 9.17) is 5.84 Å². The van der Waals surface area contributed by atoms with E-state index in [9.17, 15) is 4.79 Å². The average molecular weight is 242 g/mol. The number of hydrogen-bond donors (Lipinski definition) is 2. The predicted molar refractivity (Wildman–Crippen MR) is 61.9 cm³/mol. The summed E-state index contributed by atoms with van der Waals surface area (Å²) in [5.41, 5.74) is 3.36. The third-order valence-corrected chi connectivity index (χ3v) is 3.04. The Morgan fingerprint density at radius 3 is 3.00 bits per heavy atom. The zero-order chi connectivity index (χ0) is 12.0. The molecule has 1 heterocycles. The van der Waals surface area contributed by atoms with Crippen LogP contribution in [0.2, 0.25) is 0 Å². The Labute approximate surface area is 98.0 Å². The molecule has 0 unspecified atom stereocenters. The van der Waals surface area contributed by atoms with Crippen LogP contribution in [0, 0.1) is 6.92 Å². The highest BCUT2D eigenvalue weighted by Crippen LogP contribution is 2.23. The Balaban J connectivity index is 2.57. The first-order chi connectivity index (χ1) is 7.69. The highest BCUT2D eigenvalue weighted by Gasteiger charge is 2.07. The van der Waals surface area contributed by atoms with Gasteiger partial charge in [0.2, 0.25) is 0 Å². The third-order valence-electron chi connectivity index (χ3n) is 1.95. The summed E-state index contributed by atoms with van der Waals surface area (Å²) in [6, 6.07) is 0. The monoisotopic (exact) mass is 242 g/mol. The van der Waals surface area contributed by atoms with E-state index in [-0.39, 0.29) is 5.97 Å². The van der Waals surface area contributed by atoms with E-state index < -0.39 is 0 Å². The van der Waals surface area contributed by atoms with Crippen molar-refractivity contribution in [1.82, 2.24) is 9.97 Å². The average Bonchev–Trinajstić information content (AvgIpc) is 2.31. The van der Waals surface area contributed by atoms with Crippen molar-refractivity contribution in [3.05, 3.63) is 11.9 Å². The number of anilines is 1. The van der Waals surface area contributed by atoms with Crippen molar-refractivity contribution in [2.24, 2.45) is 5.84 Å². The smallest absolute Gasteiger partial charge is 0.306 e. The van der Waals surface area contributed by atoms with E-state index in [0.29, 0.717) is 18.0 Å². The van der Waals surface area contributed by atoms with Crippen molar-refractivity contribution >= 4 is 23.5 Å². The molecule has 88 valence electrons. The zero-order valence-corrected chi connectivity index (χ0v) is 10.0. The number of thioether (sulfide) groups is 1. The van der Waals surface area contributed by atoms with E-state index >= 15 is 0 Å². The Morgan fingerprint density at radius 2 is 2.38 bits per heavy atom. The molecule has 0 aliphatic carbocycles. The molecule has 1 aromatic heterocycles. The molecule has 0 aliphatic heterocycles. The maximum Gasteiger partial charge on any atom is 0.306 e. The Hall–Kier alpha value is -1.34. The van der Waals surface area contributed by atoms with Crippen LogP contribution in [0.5, 0.6) is 0 Å². The minimum Gasteiger partial charge on any atom is -0.469 e. The molecule has 6 nitrogen and oxygen atoms in total. The van der Waals surface area contributed by atoms with Gasteiger partial charge >= 0.3 is 5.97 Å². The third kappa shape index (κ3) is 3.35. The van der Waals surface area contributed by atoms with Crippen molar-refractivity contribution in [2.45, 2.75) is 18.4 Å².